The highest BCUT2D eigenvalue weighted by Crippen LogP contribution is 1.96. The van der Waals surface area contributed by atoms with Gasteiger partial charge in [0.05, 0.1) is 5.69 Å². The van der Waals surface area contributed by atoms with Gasteiger partial charge in [-0.15, -0.1) is 0 Å². The van der Waals surface area contributed by atoms with Crippen molar-refractivity contribution in [3.63, 3.8) is 0 Å². The van der Waals surface area contributed by atoms with Gasteiger partial charge in [0.1, 0.15) is 5.82 Å². The first-order valence-corrected chi connectivity index (χ1v) is 3.47. The third-order valence-electron chi connectivity index (χ3n) is 1.11. The molecule has 1 aromatic rings. The van der Waals surface area contributed by atoms with E-state index in [1.54, 1.807) is 5.37 Å². The molecule has 3 heteroatoms. The smallest absolute Gasteiger partial charge is 0.126 e. The second kappa shape index (κ2) is 2.84. The monoisotopic (exact) mass is 152 g/mol. The fourth-order valence-electron chi connectivity index (χ4n) is 0.806. The summed E-state index contributed by atoms with van der Waals surface area (Å²) in [5.41, 5.74) is 1.78. The predicted molar refractivity (Wildman–Crippen MR) is 44.3 cm³/mol. The number of hydrogen-bond acceptors (Lipinski definition) is 3. The van der Waals surface area contributed by atoms with E-state index in [-0.39, 0.29) is 0 Å². The third-order valence-corrected chi connectivity index (χ3v) is 1.35. The zero-order valence-corrected chi connectivity index (χ0v) is 6.77. The Labute approximate surface area is 65.3 Å². The SMILES string of the molecule is Cc1cc(C=S)nc(C)n1. The van der Waals surface area contributed by atoms with Crippen molar-refractivity contribution in [1.29, 1.82) is 0 Å². The molecule has 0 aliphatic heterocycles. The summed E-state index contributed by atoms with van der Waals surface area (Å²) in [6, 6.07) is 1.86. The molecule has 0 saturated heterocycles. The average Bonchev–Trinajstić information content (AvgIpc) is 1.85. The van der Waals surface area contributed by atoms with Crippen LogP contribution >= 0.6 is 12.2 Å². The number of thiocarbonyl (C=S) groups is 1. The minimum atomic E-state index is 0.774. The van der Waals surface area contributed by atoms with E-state index in [4.69, 9.17) is 12.2 Å². The lowest BCUT2D eigenvalue weighted by atomic mass is 10.3. The van der Waals surface area contributed by atoms with Gasteiger partial charge in [-0.2, -0.15) is 0 Å². The average molecular weight is 152 g/mol. The maximum absolute atomic E-state index is 4.72. The molecular weight excluding hydrogens is 144 g/mol. The lowest BCUT2D eigenvalue weighted by Crippen LogP contribution is -1.94. The van der Waals surface area contributed by atoms with Crippen LogP contribution in [0.1, 0.15) is 17.2 Å². The largest absolute Gasteiger partial charge is 0.239 e. The van der Waals surface area contributed by atoms with Gasteiger partial charge < -0.3 is 0 Å². The van der Waals surface area contributed by atoms with E-state index < -0.39 is 0 Å². The summed E-state index contributed by atoms with van der Waals surface area (Å²) in [6.45, 7) is 3.78. The Morgan fingerprint density at radius 3 is 2.60 bits per heavy atom. The number of aromatic nitrogens is 2. The first kappa shape index (κ1) is 7.28. The van der Waals surface area contributed by atoms with Crippen molar-refractivity contribution in [3.05, 3.63) is 23.3 Å². The van der Waals surface area contributed by atoms with Crippen LogP contribution in [-0.2, 0) is 0 Å². The second-order valence-electron chi connectivity index (χ2n) is 2.10. The highest BCUT2D eigenvalue weighted by Gasteiger charge is 1.92. The number of nitrogens with zero attached hydrogens (tertiary/aromatic N) is 2. The number of rotatable bonds is 1. The molecule has 0 saturated carbocycles. The summed E-state index contributed by atoms with van der Waals surface area (Å²) >= 11 is 4.72. The Kier molecular flexibility index (Phi) is 2.06. The Morgan fingerprint density at radius 1 is 1.40 bits per heavy atom. The molecule has 0 aliphatic rings. The molecule has 0 radical (unpaired) electrons. The van der Waals surface area contributed by atoms with Gasteiger partial charge in [-0.25, -0.2) is 9.97 Å². The van der Waals surface area contributed by atoms with Crippen molar-refractivity contribution in [1.82, 2.24) is 9.97 Å². The zero-order chi connectivity index (χ0) is 7.56. The lowest BCUT2D eigenvalue weighted by molar-refractivity contribution is 1.01. The minimum absolute atomic E-state index is 0.774. The van der Waals surface area contributed by atoms with Crippen molar-refractivity contribution in [2.45, 2.75) is 13.8 Å². The predicted octanol–water partition coefficient (Wildman–Crippen LogP) is 1.44. The zero-order valence-electron chi connectivity index (χ0n) is 5.96. The highest BCUT2D eigenvalue weighted by atomic mass is 32.1. The molecule has 0 aliphatic carbocycles. The van der Waals surface area contributed by atoms with Gasteiger partial charge in [0.2, 0.25) is 0 Å². The molecule has 2 nitrogen and oxygen atoms in total. The van der Waals surface area contributed by atoms with Gasteiger partial charge in [-0.1, -0.05) is 12.2 Å². The summed E-state index contributed by atoms with van der Waals surface area (Å²) in [6.07, 6.45) is 0. The molecule has 10 heavy (non-hydrogen) atoms. The van der Waals surface area contributed by atoms with Gasteiger partial charge in [0.15, 0.2) is 0 Å². The molecule has 1 aromatic heterocycles. The normalized spacial score (nSPS) is 9.40. The maximum Gasteiger partial charge on any atom is 0.126 e. The van der Waals surface area contributed by atoms with Crippen LogP contribution in [0.15, 0.2) is 6.07 Å². The van der Waals surface area contributed by atoms with E-state index in [1.165, 1.54) is 0 Å². The summed E-state index contributed by atoms with van der Waals surface area (Å²) in [4.78, 5) is 8.19. The Balaban J connectivity index is 3.18. The van der Waals surface area contributed by atoms with Crippen LogP contribution in [0.5, 0.6) is 0 Å². The molecule has 0 aromatic carbocycles. The molecule has 0 unspecified atom stereocenters. The van der Waals surface area contributed by atoms with Crippen LogP contribution in [0.2, 0.25) is 0 Å². The van der Waals surface area contributed by atoms with Gasteiger partial charge in [0, 0.05) is 11.1 Å². The van der Waals surface area contributed by atoms with Crippen LogP contribution in [-0.4, -0.2) is 15.3 Å². The van der Waals surface area contributed by atoms with Crippen LogP contribution in [0, 0.1) is 13.8 Å². The first-order chi connectivity index (χ1) is 4.72. The number of aryl methyl sites for hydroxylation is 2. The fraction of sp³-hybridized carbons (Fsp3) is 0.286. The molecule has 0 spiro atoms. The van der Waals surface area contributed by atoms with Gasteiger partial charge in [-0.05, 0) is 19.9 Å². The Morgan fingerprint density at radius 2 is 2.10 bits per heavy atom. The van der Waals surface area contributed by atoms with E-state index in [0.717, 1.165) is 17.2 Å². The van der Waals surface area contributed by atoms with Crippen molar-refractivity contribution in [2.24, 2.45) is 0 Å². The lowest BCUT2D eigenvalue weighted by Gasteiger charge is -1.95. The first-order valence-electron chi connectivity index (χ1n) is 3.00. The van der Waals surface area contributed by atoms with Crippen molar-refractivity contribution in [2.75, 3.05) is 0 Å². The quantitative estimate of drug-likeness (QED) is 0.569. The molecular formula is C7H8N2S. The van der Waals surface area contributed by atoms with Crippen LogP contribution in [0.3, 0.4) is 0 Å². The second-order valence-corrected chi connectivity index (χ2v) is 2.33. The minimum Gasteiger partial charge on any atom is -0.239 e. The summed E-state index contributed by atoms with van der Waals surface area (Å²) in [5.74, 6) is 0.774. The van der Waals surface area contributed by atoms with E-state index >= 15 is 0 Å². The number of hydrogen-bond donors (Lipinski definition) is 0. The van der Waals surface area contributed by atoms with Crippen LogP contribution in [0.4, 0.5) is 0 Å². The summed E-state index contributed by atoms with van der Waals surface area (Å²) in [7, 11) is 0. The van der Waals surface area contributed by atoms with Crippen molar-refractivity contribution >= 4 is 17.6 Å². The van der Waals surface area contributed by atoms with E-state index in [1.807, 2.05) is 19.9 Å². The highest BCUT2D eigenvalue weighted by molar-refractivity contribution is 7.79. The molecule has 0 bridgehead atoms. The topological polar surface area (TPSA) is 25.8 Å². The summed E-state index contributed by atoms with van der Waals surface area (Å²) in [5, 5.41) is 1.56. The van der Waals surface area contributed by atoms with Crippen molar-refractivity contribution < 1.29 is 0 Å². The van der Waals surface area contributed by atoms with Gasteiger partial charge in [-0.3, -0.25) is 0 Å². The maximum atomic E-state index is 4.72. The standard InChI is InChI=1S/C7H8N2S/c1-5-3-7(4-10)9-6(2)8-5/h3-4H,1-2H3. The van der Waals surface area contributed by atoms with Crippen LogP contribution < -0.4 is 0 Å². The van der Waals surface area contributed by atoms with E-state index in [2.05, 4.69) is 9.97 Å². The van der Waals surface area contributed by atoms with E-state index in [9.17, 15) is 0 Å². The third kappa shape index (κ3) is 1.57. The molecule has 52 valence electrons. The molecule has 0 amide bonds. The van der Waals surface area contributed by atoms with E-state index in [0.29, 0.717) is 0 Å². The molecule has 1 heterocycles. The summed E-state index contributed by atoms with van der Waals surface area (Å²) < 4.78 is 0. The van der Waals surface area contributed by atoms with Gasteiger partial charge in [0.25, 0.3) is 0 Å². The Hall–Kier alpha value is -0.830. The van der Waals surface area contributed by atoms with Crippen molar-refractivity contribution in [3.8, 4) is 0 Å². The van der Waals surface area contributed by atoms with Gasteiger partial charge >= 0.3 is 0 Å². The molecule has 0 fully saturated rings. The molecule has 1 rings (SSSR count). The fourth-order valence-corrected chi connectivity index (χ4v) is 0.927. The Bertz CT molecular complexity index is 238. The molecule has 0 N–H and O–H groups in total. The molecule has 0 atom stereocenters. The van der Waals surface area contributed by atoms with Crippen LogP contribution in [0.25, 0.3) is 0 Å².